The van der Waals surface area contributed by atoms with Crippen LogP contribution in [-0.4, -0.2) is 34.7 Å². The van der Waals surface area contributed by atoms with Crippen LogP contribution in [0.4, 0.5) is 11.4 Å². The number of imidazole rings is 1. The van der Waals surface area contributed by atoms with E-state index >= 15 is 0 Å². The molecule has 9 heteroatoms. The van der Waals surface area contributed by atoms with Gasteiger partial charge in [0, 0.05) is 29.5 Å². The molecule has 2 N–H and O–H groups in total. The normalized spacial score (nSPS) is 12.5. The molecule has 0 aliphatic heterocycles. The summed E-state index contributed by atoms with van der Waals surface area (Å²) in [5.41, 5.74) is 7.64. The van der Waals surface area contributed by atoms with Crippen LogP contribution in [0.2, 0.25) is 0 Å². The second kappa shape index (κ2) is 13.8. The van der Waals surface area contributed by atoms with Gasteiger partial charge in [0.05, 0.1) is 24.1 Å². The lowest BCUT2D eigenvalue weighted by Crippen LogP contribution is -2.42. The van der Waals surface area contributed by atoms with Gasteiger partial charge in [-0.2, -0.15) is 0 Å². The number of aromatic nitrogens is 3. The fraction of sp³-hybridized carbons (Fsp3) is 0.441. The van der Waals surface area contributed by atoms with Crippen LogP contribution in [0, 0.1) is 6.92 Å². The van der Waals surface area contributed by atoms with Crippen LogP contribution in [0.1, 0.15) is 89.7 Å². The summed E-state index contributed by atoms with van der Waals surface area (Å²) < 4.78 is 26.5. The predicted molar refractivity (Wildman–Crippen MR) is 178 cm³/mol. The second-order valence-corrected chi connectivity index (χ2v) is 13.0. The molecule has 230 valence electrons. The largest absolute Gasteiger partial charge is 0.324 e. The molecule has 8 nitrogen and oxygen atoms in total. The third-order valence-corrected chi connectivity index (χ3v) is 8.57. The number of amides is 1. The summed E-state index contributed by atoms with van der Waals surface area (Å²) in [4.78, 5) is 22.0. The smallest absolute Gasteiger partial charge is 0.262 e. The van der Waals surface area contributed by atoms with Crippen molar-refractivity contribution in [2.75, 3.05) is 9.62 Å². The van der Waals surface area contributed by atoms with Gasteiger partial charge < -0.3 is 9.88 Å². The predicted octanol–water partition coefficient (Wildman–Crippen LogP) is 7.84. The highest BCUT2D eigenvalue weighted by Gasteiger charge is 2.29. The second-order valence-electron chi connectivity index (χ2n) is 12.1. The van der Waals surface area contributed by atoms with Crippen molar-refractivity contribution in [3.63, 3.8) is 0 Å². The lowest BCUT2D eigenvalue weighted by atomic mass is 9.96. The Morgan fingerprint density at radius 3 is 2.28 bits per heavy atom. The Morgan fingerprint density at radius 2 is 1.67 bits per heavy atom. The van der Waals surface area contributed by atoms with Gasteiger partial charge in [-0.25, -0.2) is 14.2 Å². The van der Waals surface area contributed by atoms with Crippen LogP contribution in [0.25, 0.3) is 22.3 Å². The van der Waals surface area contributed by atoms with E-state index < -0.39 is 16.8 Å². The molecule has 4 aromatic rings. The number of anilines is 2. The zero-order valence-corrected chi connectivity index (χ0v) is 27.3. The first-order valence-corrected chi connectivity index (χ1v) is 16.3. The third kappa shape index (κ3) is 7.33. The van der Waals surface area contributed by atoms with E-state index in [1.807, 2.05) is 40.7 Å². The summed E-state index contributed by atoms with van der Waals surface area (Å²) in [6, 6.07) is 14.6. The minimum Gasteiger partial charge on any atom is -0.324 e. The summed E-state index contributed by atoms with van der Waals surface area (Å²) in [5.74, 6) is 0.953. The Kier molecular flexibility index (Phi) is 10.4. The lowest BCUT2D eigenvalue weighted by Gasteiger charge is -2.35. The molecule has 0 aliphatic rings. The number of carbonyl (C=O) groups is 1. The maximum Gasteiger partial charge on any atom is 0.262 e. The number of fused-ring (bicyclic) bond motifs is 1. The van der Waals surface area contributed by atoms with Gasteiger partial charge in [-0.05, 0) is 75.8 Å². The topological polar surface area (TPSA) is 100 Å². The van der Waals surface area contributed by atoms with Crippen LogP contribution < -0.4 is 9.62 Å². The molecule has 2 aromatic carbocycles. The number of aryl methyl sites for hydroxylation is 3. The van der Waals surface area contributed by atoms with Crippen molar-refractivity contribution in [3.8, 4) is 11.1 Å². The van der Waals surface area contributed by atoms with Crippen LogP contribution >= 0.6 is 0 Å². The molecule has 0 fully saturated rings. The average molecular weight is 604 g/mol. The highest BCUT2D eigenvalue weighted by Crippen LogP contribution is 2.37. The van der Waals surface area contributed by atoms with Crippen LogP contribution in [-0.2, 0) is 35.4 Å². The van der Waals surface area contributed by atoms with Crippen molar-refractivity contribution in [1.29, 1.82) is 0 Å². The zero-order valence-electron chi connectivity index (χ0n) is 26.5. The van der Waals surface area contributed by atoms with Gasteiger partial charge in [-0.3, -0.25) is 13.7 Å². The number of nitrogens with zero attached hydrogens (tertiary/aromatic N) is 4. The molecule has 0 spiro atoms. The van der Waals surface area contributed by atoms with Gasteiger partial charge in [0.1, 0.15) is 11.3 Å². The molecule has 1 unspecified atom stereocenters. The molecule has 2 aromatic heterocycles. The monoisotopic (exact) mass is 603 g/mol. The first kappa shape index (κ1) is 32.4. The quantitative estimate of drug-likeness (QED) is 0.161. The molecular formula is C34H45N5O3S. The SMILES string of the molecule is CCCC(=O)Nc1cnc2c(nc(CCC)n2Cc2ccc(-c3cc(CCC)ccc3N(S(=O)O)C(C)(C)C)cc2)c1C. The number of pyridine rings is 1. The highest BCUT2D eigenvalue weighted by molar-refractivity contribution is 7.80. The minimum absolute atomic E-state index is 0.0145. The van der Waals surface area contributed by atoms with Crippen molar-refractivity contribution >= 4 is 39.7 Å². The first-order chi connectivity index (χ1) is 20.5. The number of carbonyl (C=O) groups excluding carboxylic acids is 1. The number of hydrogen-bond acceptors (Lipinski definition) is 4. The van der Waals surface area contributed by atoms with Crippen molar-refractivity contribution < 1.29 is 13.6 Å². The van der Waals surface area contributed by atoms with Gasteiger partial charge in [0.25, 0.3) is 11.3 Å². The Bertz CT molecular complexity index is 1610. The Labute approximate surface area is 258 Å². The van der Waals surface area contributed by atoms with Crippen molar-refractivity contribution in [2.24, 2.45) is 0 Å². The Morgan fingerprint density at radius 1 is 1.00 bits per heavy atom. The van der Waals surface area contributed by atoms with Crippen molar-refractivity contribution in [1.82, 2.24) is 14.5 Å². The van der Waals surface area contributed by atoms with E-state index in [4.69, 9.17) is 9.97 Å². The Hall–Kier alpha value is -3.56. The van der Waals surface area contributed by atoms with Gasteiger partial charge in [0.2, 0.25) is 5.91 Å². The van der Waals surface area contributed by atoms with Crippen LogP contribution in [0.3, 0.4) is 0 Å². The fourth-order valence-electron chi connectivity index (χ4n) is 5.46. The van der Waals surface area contributed by atoms with Gasteiger partial charge in [-0.1, -0.05) is 57.5 Å². The molecule has 0 bridgehead atoms. The number of rotatable bonds is 12. The average Bonchev–Trinajstić information content (AvgIpc) is 3.28. The summed E-state index contributed by atoms with van der Waals surface area (Å²) >= 11 is -2.18. The summed E-state index contributed by atoms with van der Waals surface area (Å²) in [7, 11) is 0. The van der Waals surface area contributed by atoms with E-state index in [-0.39, 0.29) is 5.91 Å². The molecule has 1 amide bonds. The molecule has 0 saturated carbocycles. The molecule has 2 heterocycles. The zero-order chi connectivity index (χ0) is 31.3. The van der Waals surface area contributed by atoms with Crippen LogP contribution in [0.5, 0.6) is 0 Å². The number of benzene rings is 2. The molecule has 0 aliphatic carbocycles. The standard InChI is InChI=1S/C34H45N5O3S/c1-8-11-24-16-19-29(39(43(41)42)34(5,6)7)27(20-24)26-17-14-25(15-18-26)22-38-30(12-9-2)37-32-23(4)28(21-35-33(32)38)36-31(40)13-10-3/h14-21H,8-13,22H2,1-7H3,(H,36,40)(H,41,42). The fourth-order valence-corrected chi connectivity index (χ4v) is 6.25. The first-order valence-electron chi connectivity index (χ1n) is 15.3. The van der Waals surface area contributed by atoms with E-state index in [0.717, 1.165) is 77.0 Å². The number of nitrogens with one attached hydrogen (secondary N) is 1. The summed E-state index contributed by atoms with van der Waals surface area (Å²) in [6.07, 6.45) is 6.72. The maximum absolute atomic E-state index is 12.5. The number of hydrogen-bond donors (Lipinski definition) is 2. The molecule has 4 rings (SSSR count). The van der Waals surface area contributed by atoms with Crippen molar-refractivity contribution in [3.05, 3.63) is 71.2 Å². The maximum atomic E-state index is 12.5. The van der Waals surface area contributed by atoms with E-state index in [2.05, 4.69) is 60.1 Å². The van der Waals surface area contributed by atoms with Crippen molar-refractivity contribution in [2.45, 2.75) is 99.1 Å². The Balaban J connectivity index is 1.72. The van der Waals surface area contributed by atoms with E-state index in [1.54, 1.807) is 10.5 Å². The highest BCUT2D eigenvalue weighted by atomic mass is 32.2. The molecular weight excluding hydrogens is 558 g/mol. The van der Waals surface area contributed by atoms with Gasteiger partial charge in [0.15, 0.2) is 5.65 Å². The lowest BCUT2D eigenvalue weighted by molar-refractivity contribution is -0.116. The molecule has 0 radical (unpaired) electrons. The van der Waals surface area contributed by atoms with Gasteiger partial charge in [-0.15, -0.1) is 0 Å². The van der Waals surface area contributed by atoms with E-state index in [0.29, 0.717) is 18.7 Å². The summed E-state index contributed by atoms with van der Waals surface area (Å²) in [5, 5.41) is 2.99. The third-order valence-electron chi connectivity index (χ3n) is 7.51. The summed E-state index contributed by atoms with van der Waals surface area (Å²) in [6.45, 7) is 14.7. The molecule has 1 atom stereocenters. The molecule has 43 heavy (non-hydrogen) atoms. The van der Waals surface area contributed by atoms with E-state index in [1.165, 1.54) is 5.56 Å². The molecule has 0 saturated heterocycles. The van der Waals surface area contributed by atoms with Crippen LogP contribution in [0.15, 0.2) is 48.7 Å². The minimum atomic E-state index is -2.18. The van der Waals surface area contributed by atoms with Gasteiger partial charge >= 0.3 is 0 Å². The van der Waals surface area contributed by atoms with E-state index in [9.17, 15) is 13.6 Å².